The Morgan fingerprint density at radius 1 is 1.33 bits per heavy atom. The summed E-state index contributed by atoms with van der Waals surface area (Å²) in [7, 11) is 0. The van der Waals surface area contributed by atoms with Gasteiger partial charge in [0.15, 0.2) is 6.10 Å². The minimum absolute atomic E-state index is 0.461. The van der Waals surface area contributed by atoms with Crippen molar-refractivity contribution in [3.63, 3.8) is 0 Å². The zero-order valence-corrected chi connectivity index (χ0v) is 12.8. The highest BCUT2D eigenvalue weighted by atomic mass is 79.9. The Labute approximate surface area is 129 Å². The molecule has 2 amide bonds. The lowest BCUT2D eigenvalue weighted by molar-refractivity contribution is -0.144. The van der Waals surface area contributed by atoms with Crippen LogP contribution >= 0.6 is 15.9 Å². The Kier molecular flexibility index (Phi) is 6.16. The first kappa shape index (κ1) is 17.0. The van der Waals surface area contributed by atoms with E-state index in [0.29, 0.717) is 5.75 Å². The van der Waals surface area contributed by atoms with Crippen molar-refractivity contribution in [2.45, 2.75) is 25.5 Å². The first-order valence-electron chi connectivity index (χ1n) is 6.03. The van der Waals surface area contributed by atoms with Gasteiger partial charge in [0.2, 0.25) is 5.91 Å². The molecule has 0 saturated carbocycles. The van der Waals surface area contributed by atoms with Crippen molar-refractivity contribution >= 4 is 33.7 Å². The molecule has 0 bridgehead atoms. The van der Waals surface area contributed by atoms with Gasteiger partial charge in [0.1, 0.15) is 11.8 Å². The van der Waals surface area contributed by atoms with Crippen molar-refractivity contribution in [2.24, 2.45) is 5.73 Å². The number of nitrogens with one attached hydrogen (secondary N) is 1. The van der Waals surface area contributed by atoms with Crippen LogP contribution in [0.15, 0.2) is 28.7 Å². The van der Waals surface area contributed by atoms with Gasteiger partial charge in [-0.25, -0.2) is 4.79 Å². The van der Waals surface area contributed by atoms with Crippen LogP contribution in [0.4, 0.5) is 0 Å². The average molecular weight is 359 g/mol. The fourth-order valence-corrected chi connectivity index (χ4v) is 1.73. The molecular formula is C13H15BrN2O5. The van der Waals surface area contributed by atoms with Crippen LogP contribution in [0, 0.1) is 0 Å². The van der Waals surface area contributed by atoms with Crippen molar-refractivity contribution < 1.29 is 24.2 Å². The molecule has 8 heteroatoms. The van der Waals surface area contributed by atoms with E-state index in [1.54, 1.807) is 24.3 Å². The minimum atomic E-state index is -1.37. The predicted molar refractivity (Wildman–Crippen MR) is 77.6 cm³/mol. The molecule has 1 unspecified atom stereocenters. The van der Waals surface area contributed by atoms with Gasteiger partial charge in [-0.2, -0.15) is 0 Å². The summed E-state index contributed by atoms with van der Waals surface area (Å²) in [6.45, 7) is 1.47. The smallest absolute Gasteiger partial charge is 0.326 e. The summed E-state index contributed by atoms with van der Waals surface area (Å²) in [5.41, 5.74) is 4.93. The van der Waals surface area contributed by atoms with E-state index < -0.39 is 36.4 Å². The molecule has 0 spiro atoms. The average Bonchev–Trinajstić information content (AvgIpc) is 2.39. The number of ether oxygens (including phenoxy) is 1. The summed E-state index contributed by atoms with van der Waals surface area (Å²) < 4.78 is 6.24. The molecule has 21 heavy (non-hydrogen) atoms. The van der Waals surface area contributed by atoms with Crippen molar-refractivity contribution in [1.82, 2.24) is 5.32 Å². The Hall–Kier alpha value is -2.09. The number of carbonyl (C=O) groups excluding carboxylic acids is 2. The second-order valence-electron chi connectivity index (χ2n) is 4.28. The molecule has 1 aromatic rings. The lowest BCUT2D eigenvalue weighted by atomic mass is 10.2. The number of amides is 2. The van der Waals surface area contributed by atoms with Gasteiger partial charge >= 0.3 is 5.97 Å². The first-order chi connectivity index (χ1) is 9.79. The van der Waals surface area contributed by atoms with Crippen LogP contribution in [0.3, 0.4) is 0 Å². The molecule has 0 saturated heterocycles. The van der Waals surface area contributed by atoms with Crippen LogP contribution in [-0.2, 0) is 14.4 Å². The van der Waals surface area contributed by atoms with Gasteiger partial charge in [0.05, 0.1) is 6.42 Å². The van der Waals surface area contributed by atoms with Gasteiger partial charge in [-0.3, -0.25) is 9.59 Å². The number of halogens is 1. The van der Waals surface area contributed by atoms with E-state index in [4.69, 9.17) is 15.6 Å². The molecule has 2 atom stereocenters. The number of aliphatic carboxylic acids is 1. The number of carboxylic acids is 1. The van der Waals surface area contributed by atoms with Crippen LogP contribution < -0.4 is 15.8 Å². The highest BCUT2D eigenvalue weighted by molar-refractivity contribution is 9.10. The standard InChI is InChI=1S/C13H15BrN2O5/c1-7(21-9-4-2-8(14)3-5-9)12(18)16-10(13(19)20)6-11(15)17/h2-5,7,10H,6H2,1H3,(H2,15,17)(H,16,18)(H,19,20)/t7?,10-/m1/s1. The zero-order valence-electron chi connectivity index (χ0n) is 11.2. The van der Waals surface area contributed by atoms with Crippen LogP contribution in [0.1, 0.15) is 13.3 Å². The minimum Gasteiger partial charge on any atom is -0.481 e. The third kappa shape index (κ3) is 5.82. The first-order valence-corrected chi connectivity index (χ1v) is 6.82. The van der Waals surface area contributed by atoms with Crippen molar-refractivity contribution in [3.8, 4) is 5.75 Å². The van der Waals surface area contributed by atoms with E-state index in [1.807, 2.05) is 0 Å². The maximum atomic E-state index is 11.8. The number of benzene rings is 1. The Balaban J connectivity index is 2.62. The third-order valence-corrected chi connectivity index (χ3v) is 3.04. The van der Waals surface area contributed by atoms with E-state index >= 15 is 0 Å². The number of rotatable bonds is 7. The van der Waals surface area contributed by atoms with Gasteiger partial charge in [-0.15, -0.1) is 0 Å². The summed E-state index contributed by atoms with van der Waals surface area (Å²) in [4.78, 5) is 33.5. The number of carboxylic acid groups (broad SMARTS) is 1. The van der Waals surface area contributed by atoms with Gasteiger partial charge in [0.25, 0.3) is 5.91 Å². The molecule has 4 N–H and O–H groups in total. The van der Waals surface area contributed by atoms with E-state index in [1.165, 1.54) is 6.92 Å². The van der Waals surface area contributed by atoms with Crippen molar-refractivity contribution in [2.75, 3.05) is 0 Å². The van der Waals surface area contributed by atoms with Crippen molar-refractivity contribution in [3.05, 3.63) is 28.7 Å². The molecule has 0 aromatic heterocycles. The maximum Gasteiger partial charge on any atom is 0.326 e. The highest BCUT2D eigenvalue weighted by Gasteiger charge is 2.25. The van der Waals surface area contributed by atoms with E-state index in [0.717, 1.165) is 4.47 Å². The SMILES string of the molecule is CC(Oc1ccc(Br)cc1)C(=O)N[C@H](CC(N)=O)C(=O)O. The van der Waals surface area contributed by atoms with Gasteiger partial charge < -0.3 is 20.9 Å². The van der Waals surface area contributed by atoms with Gasteiger partial charge in [-0.1, -0.05) is 15.9 Å². The normalized spacial score (nSPS) is 13.0. The van der Waals surface area contributed by atoms with Crippen LogP contribution in [0.5, 0.6) is 5.75 Å². The van der Waals surface area contributed by atoms with Crippen molar-refractivity contribution in [1.29, 1.82) is 0 Å². The summed E-state index contributed by atoms with van der Waals surface area (Å²) in [5.74, 6) is -2.34. The Morgan fingerprint density at radius 3 is 2.38 bits per heavy atom. The molecule has 0 fully saturated rings. The second-order valence-corrected chi connectivity index (χ2v) is 5.20. The lowest BCUT2D eigenvalue weighted by Gasteiger charge is -2.18. The molecule has 0 heterocycles. The van der Waals surface area contributed by atoms with E-state index in [2.05, 4.69) is 21.2 Å². The summed E-state index contributed by atoms with van der Waals surface area (Å²) in [6, 6.07) is 5.43. The zero-order chi connectivity index (χ0) is 16.0. The van der Waals surface area contributed by atoms with Crippen LogP contribution in [-0.4, -0.2) is 35.0 Å². The Bertz CT molecular complexity index is 532. The number of carbonyl (C=O) groups is 3. The summed E-state index contributed by atoms with van der Waals surface area (Å²) in [6.07, 6.45) is -1.40. The van der Waals surface area contributed by atoms with E-state index in [-0.39, 0.29) is 0 Å². The monoisotopic (exact) mass is 358 g/mol. The second kappa shape index (κ2) is 7.63. The topological polar surface area (TPSA) is 119 Å². The van der Waals surface area contributed by atoms with Crippen LogP contribution in [0.25, 0.3) is 0 Å². The number of hydrogen-bond acceptors (Lipinski definition) is 4. The van der Waals surface area contributed by atoms with Gasteiger partial charge in [0, 0.05) is 4.47 Å². The third-order valence-electron chi connectivity index (χ3n) is 2.52. The quantitative estimate of drug-likeness (QED) is 0.661. The molecule has 0 aliphatic rings. The fraction of sp³-hybridized carbons (Fsp3) is 0.308. The highest BCUT2D eigenvalue weighted by Crippen LogP contribution is 2.17. The molecule has 114 valence electrons. The molecule has 7 nitrogen and oxygen atoms in total. The summed E-state index contributed by atoms with van der Waals surface area (Å²) >= 11 is 3.27. The molecular weight excluding hydrogens is 344 g/mol. The largest absolute Gasteiger partial charge is 0.481 e. The predicted octanol–water partition coefficient (Wildman–Crippen LogP) is 0.661. The van der Waals surface area contributed by atoms with E-state index in [9.17, 15) is 14.4 Å². The molecule has 0 aliphatic heterocycles. The number of primary amides is 1. The molecule has 1 rings (SSSR count). The number of hydrogen-bond donors (Lipinski definition) is 3. The molecule has 0 aliphatic carbocycles. The fourth-order valence-electron chi connectivity index (χ4n) is 1.46. The van der Waals surface area contributed by atoms with Gasteiger partial charge in [-0.05, 0) is 31.2 Å². The summed E-state index contributed by atoms with van der Waals surface area (Å²) in [5, 5.41) is 11.1. The number of nitrogens with two attached hydrogens (primary N) is 1. The maximum absolute atomic E-state index is 11.8. The Morgan fingerprint density at radius 2 is 1.90 bits per heavy atom. The lowest BCUT2D eigenvalue weighted by Crippen LogP contribution is -2.47. The molecule has 1 aromatic carbocycles. The molecule has 0 radical (unpaired) electrons. The van der Waals surface area contributed by atoms with Crippen LogP contribution in [0.2, 0.25) is 0 Å².